The lowest BCUT2D eigenvalue weighted by Gasteiger charge is -1.97. The van der Waals surface area contributed by atoms with Crippen LogP contribution in [0.1, 0.15) is 48.5 Å². The molecule has 0 atom stereocenters. The molecule has 0 bridgehead atoms. The lowest BCUT2D eigenvalue weighted by Crippen LogP contribution is -2.28. The molecular weight excluding hydrogens is 339 g/mol. The molecule has 4 nitrogen and oxygen atoms in total. The summed E-state index contributed by atoms with van der Waals surface area (Å²) in [5.41, 5.74) is 6.69. The van der Waals surface area contributed by atoms with Crippen LogP contribution < -0.4 is 10.6 Å². The fraction of sp³-hybridized carbons (Fsp3) is 0.409. The Bertz CT molecular complexity index is 680. The van der Waals surface area contributed by atoms with Gasteiger partial charge in [0.2, 0.25) is 0 Å². The molecule has 0 amide bonds. The summed E-state index contributed by atoms with van der Waals surface area (Å²) in [4.78, 5) is 0. The van der Waals surface area contributed by atoms with E-state index in [9.17, 15) is 4.39 Å². The van der Waals surface area contributed by atoms with Gasteiger partial charge in [-0.05, 0) is 44.2 Å². The zero-order valence-electron chi connectivity index (χ0n) is 18.0. The minimum Gasteiger partial charge on any atom is -0.344 e. The van der Waals surface area contributed by atoms with Crippen LogP contribution in [0.2, 0.25) is 0 Å². The number of aromatic nitrogens is 1. The average Bonchev–Trinajstić information content (AvgIpc) is 3.12. The number of amidine groups is 1. The summed E-state index contributed by atoms with van der Waals surface area (Å²) < 4.78 is 13.0. The van der Waals surface area contributed by atoms with Gasteiger partial charge in [-0.15, -0.1) is 5.11 Å². The van der Waals surface area contributed by atoms with Crippen LogP contribution in [-0.2, 0) is 6.54 Å². The molecule has 0 aliphatic carbocycles. The zero-order valence-corrected chi connectivity index (χ0v) is 18.0. The van der Waals surface area contributed by atoms with Gasteiger partial charge < -0.3 is 4.57 Å². The number of nitrogens with one attached hydrogen (secondary N) is 2. The highest BCUT2D eigenvalue weighted by molar-refractivity contribution is 5.91. The van der Waals surface area contributed by atoms with Crippen molar-refractivity contribution in [2.24, 2.45) is 5.11 Å². The molecule has 0 saturated heterocycles. The van der Waals surface area contributed by atoms with Crippen LogP contribution in [0, 0.1) is 10.9 Å². The molecule has 0 spiro atoms. The highest BCUT2D eigenvalue weighted by Gasteiger charge is 1.92. The van der Waals surface area contributed by atoms with Crippen molar-refractivity contribution < 1.29 is 4.39 Å². The number of rotatable bonds is 5. The van der Waals surface area contributed by atoms with E-state index in [2.05, 4.69) is 21.8 Å². The van der Waals surface area contributed by atoms with Crippen LogP contribution in [0.4, 0.5) is 4.39 Å². The molecule has 0 saturated carbocycles. The second-order valence-electron chi connectivity index (χ2n) is 4.41. The summed E-state index contributed by atoms with van der Waals surface area (Å²) >= 11 is 0. The molecule has 1 rings (SSSR count). The SMILES string of the molecule is C/C=C\CF.C/C=c1/ccn(C/C=C/C)/c1=C/C=C/C(=N)N=N.CC.CC. The fourth-order valence-corrected chi connectivity index (χ4v) is 1.67. The molecule has 152 valence electrons. The Morgan fingerprint density at radius 2 is 1.70 bits per heavy atom. The van der Waals surface area contributed by atoms with E-state index in [0.717, 1.165) is 17.1 Å². The molecule has 0 aromatic carbocycles. The first-order valence-corrected chi connectivity index (χ1v) is 9.38. The van der Waals surface area contributed by atoms with E-state index in [1.54, 1.807) is 19.1 Å². The molecule has 1 heterocycles. The second-order valence-corrected chi connectivity index (χ2v) is 4.41. The molecule has 0 radical (unpaired) electrons. The maximum atomic E-state index is 10.9. The summed E-state index contributed by atoms with van der Waals surface area (Å²) in [6.45, 7) is 14.3. The molecular formula is C22H37FN4. The molecule has 2 N–H and O–H groups in total. The summed E-state index contributed by atoms with van der Waals surface area (Å²) in [5.74, 6) is -0.0557. The third-order valence-corrected chi connectivity index (χ3v) is 2.84. The summed E-state index contributed by atoms with van der Waals surface area (Å²) in [5, 5.41) is 12.5. The number of allylic oxidation sites excluding steroid dienone is 5. The lowest BCUT2D eigenvalue weighted by atomic mass is 10.3. The first-order chi connectivity index (χ1) is 13.1. The van der Waals surface area contributed by atoms with Gasteiger partial charge in [0.1, 0.15) is 6.67 Å². The Labute approximate surface area is 164 Å². The first-order valence-electron chi connectivity index (χ1n) is 9.38. The van der Waals surface area contributed by atoms with E-state index in [1.165, 1.54) is 12.2 Å². The third-order valence-electron chi connectivity index (χ3n) is 2.84. The van der Waals surface area contributed by atoms with Crippen molar-refractivity contribution in [3.63, 3.8) is 0 Å². The van der Waals surface area contributed by atoms with Crippen molar-refractivity contribution in [3.05, 3.63) is 59.3 Å². The predicted molar refractivity (Wildman–Crippen MR) is 119 cm³/mol. The summed E-state index contributed by atoms with van der Waals surface area (Å²) in [6.07, 6.45) is 16.5. The van der Waals surface area contributed by atoms with Crippen molar-refractivity contribution in [1.29, 1.82) is 10.9 Å². The van der Waals surface area contributed by atoms with Gasteiger partial charge in [-0.1, -0.05) is 64.2 Å². The van der Waals surface area contributed by atoms with Crippen molar-refractivity contribution in [2.45, 2.75) is 55.0 Å². The molecule has 0 aliphatic rings. The maximum Gasteiger partial charge on any atom is 0.166 e. The Morgan fingerprint density at radius 1 is 1.11 bits per heavy atom. The Hall–Kier alpha value is -2.56. The standard InChI is InChI=1S/C14H18N4.C4H7F.2C2H6/c1-3-5-10-18-11-9-12(4-2)13(18)7-6-8-14(15)17-16;1-2-3-4-5;2*1-2/h3-9,11,15-16H,10H2,1-2H3;2-3H,4H2,1H3;2*1-2H3/b5-3+,8-6+,12-4-,13-7+,15-14?,17-16?;3-2-;;. The van der Waals surface area contributed by atoms with Gasteiger partial charge in [0, 0.05) is 18.1 Å². The number of hydrogen-bond donors (Lipinski definition) is 2. The highest BCUT2D eigenvalue weighted by atomic mass is 19.1. The molecule has 1 aromatic rings. The van der Waals surface area contributed by atoms with Gasteiger partial charge >= 0.3 is 0 Å². The molecule has 27 heavy (non-hydrogen) atoms. The van der Waals surface area contributed by atoms with Gasteiger partial charge in [-0.2, -0.15) is 0 Å². The molecule has 5 heteroatoms. The average molecular weight is 377 g/mol. The predicted octanol–water partition coefficient (Wildman–Crippen LogP) is 5.79. The number of halogens is 1. The smallest absolute Gasteiger partial charge is 0.166 e. The normalized spacial score (nSPS) is 11.6. The number of alkyl halides is 1. The van der Waals surface area contributed by atoms with Crippen LogP contribution >= 0.6 is 0 Å². The van der Waals surface area contributed by atoms with Crippen molar-refractivity contribution >= 4 is 18.0 Å². The van der Waals surface area contributed by atoms with E-state index in [0.29, 0.717) is 0 Å². The van der Waals surface area contributed by atoms with Gasteiger partial charge in [-0.25, -0.2) is 9.92 Å². The Morgan fingerprint density at radius 3 is 2.11 bits per heavy atom. The van der Waals surface area contributed by atoms with Crippen LogP contribution in [-0.4, -0.2) is 17.1 Å². The van der Waals surface area contributed by atoms with Crippen molar-refractivity contribution in [1.82, 2.24) is 4.57 Å². The lowest BCUT2D eigenvalue weighted by molar-refractivity contribution is 0.561. The van der Waals surface area contributed by atoms with Gasteiger partial charge in [0.15, 0.2) is 5.84 Å². The van der Waals surface area contributed by atoms with Gasteiger partial charge in [-0.3, -0.25) is 5.41 Å². The number of hydrogen-bond acceptors (Lipinski definition) is 2. The molecule has 0 unspecified atom stereocenters. The van der Waals surface area contributed by atoms with E-state index >= 15 is 0 Å². The van der Waals surface area contributed by atoms with E-state index in [-0.39, 0.29) is 12.5 Å². The van der Waals surface area contributed by atoms with E-state index < -0.39 is 0 Å². The quantitative estimate of drug-likeness (QED) is 0.282. The Kier molecular flexibility index (Phi) is 25.4. The molecule has 0 aliphatic heterocycles. The van der Waals surface area contributed by atoms with Gasteiger partial charge in [0.05, 0.1) is 0 Å². The van der Waals surface area contributed by atoms with E-state index in [1.807, 2.05) is 66.0 Å². The van der Waals surface area contributed by atoms with Crippen LogP contribution in [0.3, 0.4) is 0 Å². The fourth-order valence-electron chi connectivity index (χ4n) is 1.67. The van der Waals surface area contributed by atoms with Gasteiger partial charge in [0.25, 0.3) is 0 Å². The minimum absolute atomic E-state index is 0.0557. The van der Waals surface area contributed by atoms with E-state index in [4.69, 9.17) is 10.9 Å². The summed E-state index contributed by atoms with van der Waals surface area (Å²) in [6, 6.07) is 2.06. The topological polar surface area (TPSA) is 65.0 Å². The van der Waals surface area contributed by atoms with Crippen LogP contribution in [0.15, 0.2) is 53.8 Å². The monoisotopic (exact) mass is 376 g/mol. The maximum absolute atomic E-state index is 10.9. The number of nitrogens with zero attached hydrogens (tertiary/aromatic N) is 2. The first kappa shape index (κ1) is 29.2. The molecule has 0 fully saturated rings. The Balaban J connectivity index is -0.000000543. The van der Waals surface area contributed by atoms with Crippen LogP contribution in [0.25, 0.3) is 12.2 Å². The summed E-state index contributed by atoms with van der Waals surface area (Å²) in [7, 11) is 0. The van der Waals surface area contributed by atoms with Crippen molar-refractivity contribution in [2.75, 3.05) is 6.67 Å². The minimum atomic E-state index is -0.337. The van der Waals surface area contributed by atoms with Crippen molar-refractivity contribution in [3.8, 4) is 0 Å². The second kappa shape index (κ2) is 23.4. The van der Waals surface area contributed by atoms with Crippen LogP contribution in [0.5, 0.6) is 0 Å². The largest absolute Gasteiger partial charge is 0.344 e. The third kappa shape index (κ3) is 15.4. The zero-order chi connectivity index (χ0) is 21.5. The molecule has 1 aromatic heterocycles. The highest BCUT2D eigenvalue weighted by Crippen LogP contribution is 1.84.